The third-order valence-corrected chi connectivity index (χ3v) is 5.82. The average Bonchev–Trinajstić information content (AvgIpc) is 3.11. The molecule has 1 aromatic heterocycles. The molecule has 2 heterocycles. The SMILES string of the molecule is CCOC(=O)C1(C(C)C)CCN(c2cnn(-c3ccc(F)cc3F)c(=O)c2Cl)C1. The highest BCUT2D eigenvalue weighted by molar-refractivity contribution is 6.33. The van der Waals surface area contributed by atoms with E-state index in [0.717, 1.165) is 16.8 Å². The second-order valence-electron chi connectivity index (χ2n) is 7.36. The van der Waals surface area contributed by atoms with Crippen LogP contribution in [0.4, 0.5) is 14.5 Å². The first-order valence-corrected chi connectivity index (χ1v) is 9.74. The van der Waals surface area contributed by atoms with E-state index in [-0.39, 0.29) is 29.2 Å². The minimum absolute atomic E-state index is 0.0203. The standard InChI is InChI=1S/C20H22ClF2N3O3/c1-4-29-19(28)20(12(2)3)7-8-25(11-20)16-10-24-26(18(27)17(16)21)15-6-5-13(22)9-14(15)23/h5-6,9-10,12H,4,7-8,11H2,1-3H3. The predicted molar refractivity (Wildman–Crippen MR) is 105 cm³/mol. The van der Waals surface area contributed by atoms with Crippen LogP contribution in [0.25, 0.3) is 5.69 Å². The second kappa shape index (κ2) is 8.10. The van der Waals surface area contributed by atoms with Crippen molar-refractivity contribution in [3.05, 3.63) is 51.4 Å². The largest absolute Gasteiger partial charge is 0.466 e. The number of aromatic nitrogens is 2. The van der Waals surface area contributed by atoms with Gasteiger partial charge in [-0.25, -0.2) is 8.78 Å². The Morgan fingerprint density at radius 1 is 1.34 bits per heavy atom. The van der Waals surface area contributed by atoms with Crippen molar-refractivity contribution in [3.63, 3.8) is 0 Å². The Kier molecular flexibility index (Phi) is 5.93. The second-order valence-corrected chi connectivity index (χ2v) is 7.74. The van der Waals surface area contributed by atoms with E-state index in [2.05, 4.69) is 5.10 Å². The summed E-state index contributed by atoms with van der Waals surface area (Å²) in [6, 6.07) is 2.82. The van der Waals surface area contributed by atoms with Gasteiger partial charge in [0.15, 0.2) is 5.82 Å². The molecule has 1 aromatic carbocycles. The van der Waals surface area contributed by atoms with Crippen LogP contribution in [0.15, 0.2) is 29.2 Å². The van der Waals surface area contributed by atoms with Gasteiger partial charge in [-0.3, -0.25) is 9.59 Å². The molecule has 0 amide bonds. The Bertz CT molecular complexity index is 995. The normalized spacial score (nSPS) is 19.1. The fourth-order valence-electron chi connectivity index (χ4n) is 3.66. The molecular weight excluding hydrogens is 404 g/mol. The van der Waals surface area contributed by atoms with Gasteiger partial charge in [0.2, 0.25) is 0 Å². The van der Waals surface area contributed by atoms with Crippen LogP contribution in [0.1, 0.15) is 27.2 Å². The van der Waals surface area contributed by atoms with E-state index in [1.165, 1.54) is 6.20 Å². The first-order valence-electron chi connectivity index (χ1n) is 9.36. The predicted octanol–water partition coefficient (Wildman–Crippen LogP) is 3.58. The van der Waals surface area contributed by atoms with E-state index in [0.29, 0.717) is 31.3 Å². The Labute approximate surface area is 172 Å². The van der Waals surface area contributed by atoms with E-state index in [4.69, 9.17) is 16.3 Å². The van der Waals surface area contributed by atoms with Gasteiger partial charge in [-0.15, -0.1) is 0 Å². The molecule has 0 radical (unpaired) electrons. The highest BCUT2D eigenvalue weighted by Gasteiger charge is 2.48. The summed E-state index contributed by atoms with van der Waals surface area (Å²) < 4.78 is 33.3. The highest BCUT2D eigenvalue weighted by Crippen LogP contribution is 2.41. The number of esters is 1. The minimum atomic E-state index is -0.925. The molecule has 3 rings (SSSR count). The number of rotatable bonds is 5. The fourth-order valence-corrected chi connectivity index (χ4v) is 3.90. The lowest BCUT2D eigenvalue weighted by Crippen LogP contribution is -2.41. The lowest BCUT2D eigenvalue weighted by molar-refractivity contribution is -0.156. The van der Waals surface area contributed by atoms with E-state index < -0.39 is 22.6 Å². The van der Waals surface area contributed by atoms with Crippen LogP contribution in [0.5, 0.6) is 0 Å². The van der Waals surface area contributed by atoms with E-state index in [9.17, 15) is 18.4 Å². The molecule has 6 nitrogen and oxygen atoms in total. The number of hydrogen-bond acceptors (Lipinski definition) is 5. The Balaban J connectivity index is 1.96. The number of benzene rings is 1. The van der Waals surface area contributed by atoms with Crippen molar-refractivity contribution in [1.29, 1.82) is 0 Å². The van der Waals surface area contributed by atoms with Gasteiger partial charge in [-0.1, -0.05) is 25.4 Å². The molecule has 9 heteroatoms. The van der Waals surface area contributed by atoms with Gasteiger partial charge in [-0.05, 0) is 31.4 Å². The number of ether oxygens (including phenoxy) is 1. The van der Waals surface area contributed by atoms with Crippen molar-refractivity contribution >= 4 is 23.3 Å². The van der Waals surface area contributed by atoms with Crippen LogP contribution in [0.2, 0.25) is 5.02 Å². The number of hydrogen-bond donors (Lipinski definition) is 0. The van der Waals surface area contributed by atoms with E-state index in [1.54, 1.807) is 6.92 Å². The molecule has 1 aliphatic heterocycles. The van der Waals surface area contributed by atoms with Gasteiger partial charge in [0, 0.05) is 19.2 Å². The summed E-state index contributed by atoms with van der Waals surface area (Å²) in [6.45, 7) is 6.78. The maximum absolute atomic E-state index is 14.1. The molecule has 0 spiro atoms. The van der Waals surface area contributed by atoms with E-state index in [1.807, 2.05) is 18.7 Å². The Hall–Kier alpha value is -2.48. The quantitative estimate of drug-likeness (QED) is 0.685. The van der Waals surface area contributed by atoms with Crippen LogP contribution < -0.4 is 10.5 Å². The summed E-state index contributed by atoms with van der Waals surface area (Å²) >= 11 is 6.30. The molecule has 2 aromatic rings. The summed E-state index contributed by atoms with van der Waals surface area (Å²) in [7, 11) is 0. The fraction of sp³-hybridized carbons (Fsp3) is 0.450. The summed E-state index contributed by atoms with van der Waals surface area (Å²) in [4.78, 5) is 27.1. The monoisotopic (exact) mass is 425 g/mol. The summed E-state index contributed by atoms with van der Waals surface area (Å²) in [5.41, 5.74) is -1.28. The number of anilines is 1. The zero-order valence-electron chi connectivity index (χ0n) is 16.4. The van der Waals surface area contributed by atoms with Crippen LogP contribution >= 0.6 is 11.6 Å². The van der Waals surface area contributed by atoms with Crippen molar-refractivity contribution in [1.82, 2.24) is 9.78 Å². The van der Waals surface area contributed by atoms with Gasteiger partial charge in [0.05, 0.1) is 23.9 Å². The highest BCUT2D eigenvalue weighted by atomic mass is 35.5. The molecule has 1 aliphatic rings. The lowest BCUT2D eigenvalue weighted by Gasteiger charge is -2.31. The van der Waals surface area contributed by atoms with Gasteiger partial charge >= 0.3 is 5.97 Å². The van der Waals surface area contributed by atoms with Gasteiger partial charge < -0.3 is 9.64 Å². The third-order valence-electron chi connectivity index (χ3n) is 5.47. The first-order chi connectivity index (χ1) is 13.7. The molecule has 0 N–H and O–H groups in total. The molecule has 1 unspecified atom stereocenters. The molecular formula is C20H22ClF2N3O3. The number of halogens is 3. The van der Waals surface area contributed by atoms with Crippen molar-refractivity contribution in [3.8, 4) is 5.69 Å². The summed E-state index contributed by atoms with van der Waals surface area (Å²) in [5.74, 6) is -1.94. The first kappa shape index (κ1) is 21.2. The molecule has 0 saturated carbocycles. The smallest absolute Gasteiger partial charge is 0.314 e. The van der Waals surface area contributed by atoms with Gasteiger partial charge in [-0.2, -0.15) is 9.78 Å². The van der Waals surface area contributed by atoms with E-state index >= 15 is 0 Å². The molecule has 0 bridgehead atoms. The maximum Gasteiger partial charge on any atom is 0.314 e. The van der Waals surface area contributed by atoms with Crippen molar-refractivity contribution < 1.29 is 18.3 Å². The summed E-state index contributed by atoms with van der Waals surface area (Å²) in [6.07, 6.45) is 1.91. The molecule has 1 saturated heterocycles. The van der Waals surface area contributed by atoms with Gasteiger partial charge in [0.25, 0.3) is 5.56 Å². The average molecular weight is 426 g/mol. The van der Waals surface area contributed by atoms with Crippen molar-refractivity contribution in [2.45, 2.75) is 27.2 Å². The zero-order valence-corrected chi connectivity index (χ0v) is 17.2. The molecule has 1 atom stereocenters. The van der Waals surface area contributed by atoms with Crippen LogP contribution in [0.3, 0.4) is 0 Å². The topological polar surface area (TPSA) is 64.4 Å². The van der Waals surface area contributed by atoms with Gasteiger partial charge in [0.1, 0.15) is 16.5 Å². The van der Waals surface area contributed by atoms with Crippen molar-refractivity contribution in [2.24, 2.45) is 11.3 Å². The van der Waals surface area contributed by atoms with Crippen LogP contribution in [0, 0.1) is 23.0 Å². The minimum Gasteiger partial charge on any atom is -0.466 e. The van der Waals surface area contributed by atoms with Crippen LogP contribution in [-0.4, -0.2) is 35.4 Å². The molecule has 29 heavy (non-hydrogen) atoms. The number of nitrogens with zero attached hydrogens (tertiary/aromatic N) is 3. The Morgan fingerprint density at radius 2 is 2.07 bits per heavy atom. The molecule has 0 aliphatic carbocycles. The Morgan fingerprint density at radius 3 is 2.69 bits per heavy atom. The number of carbonyl (C=O) groups excluding carboxylic acids is 1. The number of carbonyl (C=O) groups is 1. The molecule has 1 fully saturated rings. The van der Waals surface area contributed by atoms with Crippen LogP contribution in [-0.2, 0) is 9.53 Å². The lowest BCUT2D eigenvalue weighted by atomic mass is 9.76. The maximum atomic E-state index is 14.1. The zero-order chi connectivity index (χ0) is 21.3. The van der Waals surface area contributed by atoms with Crippen molar-refractivity contribution in [2.75, 3.05) is 24.6 Å². The third kappa shape index (κ3) is 3.73. The summed E-state index contributed by atoms with van der Waals surface area (Å²) in [5, 5.41) is 3.87. The molecule has 156 valence electrons.